The Bertz CT molecular complexity index is 779. The molecule has 5 heteroatoms. The molecule has 3 aromatic rings. The summed E-state index contributed by atoms with van der Waals surface area (Å²) in [4.78, 5) is 15.4. The first kappa shape index (κ1) is 13.2. The second kappa shape index (κ2) is 5.66. The van der Waals surface area contributed by atoms with Crippen LogP contribution in [-0.2, 0) is 4.74 Å². The number of oxazole rings is 1. The van der Waals surface area contributed by atoms with Crippen LogP contribution in [-0.4, -0.2) is 17.6 Å². The molecular formula is C16H13NO4. The molecule has 0 saturated carbocycles. The van der Waals surface area contributed by atoms with Gasteiger partial charge < -0.3 is 13.9 Å². The van der Waals surface area contributed by atoms with Crippen molar-refractivity contribution in [2.45, 2.75) is 6.92 Å². The van der Waals surface area contributed by atoms with Crippen LogP contribution in [0.25, 0.3) is 10.8 Å². The van der Waals surface area contributed by atoms with Crippen molar-refractivity contribution in [2.75, 3.05) is 6.61 Å². The molecule has 0 aliphatic heterocycles. The average molecular weight is 283 g/mol. The number of rotatable bonds is 4. The van der Waals surface area contributed by atoms with Crippen molar-refractivity contribution in [3.8, 4) is 11.8 Å². The van der Waals surface area contributed by atoms with Crippen LogP contribution in [0.5, 0.6) is 11.8 Å². The highest BCUT2D eigenvalue weighted by molar-refractivity contribution is 5.87. The van der Waals surface area contributed by atoms with Crippen LogP contribution in [0.4, 0.5) is 0 Å². The minimum Gasteiger partial charge on any atom is -0.461 e. The number of benzene rings is 2. The lowest BCUT2D eigenvalue weighted by Gasteiger charge is -2.02. The van der Waals surface area contributed by atoms with E-state index in [2.05, 4.69) is 4.98 Å². The van der Waals surface area contributed by atoms with Gasteiger partial charge in [-0.1, -0.05) is 30.3 Å². The van der Waals surface area contributed by atoms with Crippen LogP contribution in [0.1, 0.15) is 17.4 Å². The van der Waals surface area contributed by atoms with Gasteiger partial charge in [0, 0.05) is 0 Å². The average Bonchev–Trinajstić information content (AvgIpc) is 2.96. The second-order valence-electron chi connectivity index (χ2n) is 4.33. The molecule has 0 unspecified atom stereocenters. The fourth-order valence-corrected chi connectivity index (χ4v) is 1.93. The van der Waals surface area contributed by atoms with E-state index in [9.17, 15) is 4.79 Å². The van der Waals surface area contributed by atoms with E-state index in [1.54, 1.807) is 6.92 Å². The minimum atomic E-state index is -0.533. The molecule has 0 spiro atoms. The van der Waals surface area contributed by atoms with E-state index >= 15 is 0 Å². The van der Waals surface area contributed by atoms with Crippen molar-refractivity contribution in [1.82, 2.24) is 4.98 Å². The predicted octanol–water partition coefficient (Wildman–Crippen LogP) is 3.80. The molecule has 0 atom stereocenters. The summed E-state index contributed by atoms with van der Waals surface area (Å²) in [6.07, 6.45) is 1.22. The van der Waals surface area contributed by atoms with Gasteiger partial charge in [0.05, 0.1) is 6.61 Å². The number of hydrogen-bond acceptors (Lipinski definition) is 5. The molecule has 0 fully saturated rings. The predicted molar refractivity (Wildman–Crippen MR) is 76.5 cm³/mol. The number of fused-ring (bicyclic) bond motifs is 1. The molecular weight excluding hydrogens is 270 g/mol. The number of ether oxygens (including phenoxy) is 2. The summed E-state index contributed by atoms with van der Waals surface area (Å²) in [5.41, 5.74) is 0.0904. The zero-order valence-electron chi connectivity index (χ0n) is 11.4. The van der Waals surface area contributed by atoms with Gasteiger partial charge in [0.1, 0.15) is 12.0 Å². The van der Waals surface area contributed by atoms with Gasteiger partial charge in [0.25, 0.3) is 0 Å². The molecule has 1 aromatic heterocycles. The Morgan fingerprint density at radius 1 is 1.19 bits per heavy atom. The smallest absolute Gasteiger partial charge is 0.399 e. The summed E-state index contributed by atoms with van der Waals surface area (Å²) < 4.78 is 15.5. The first-order chi connectivity index (χ1) is 10.3. The van der Waals surface area contributed by atoms with E-state index in [1.807, 2.05) is 42.5 Å². The van der Waals surface area contributed by atoms with E-state index in [1.165, 1.54) is 6.26 Å². The topological polar surface area (TPSA) is 61.6 Å². The Balaban J connectivity index is 1.80. The Morgan fingerprint density at radius 3 is 2.81 bits per heavy atom. The molecule has 0 saturated heterocycles. The van der Waals surface area contributed by atoms with E-state index in [0.29, 0.717) is 5.75 Å². The van der Waals surface area contributed by atoms with Crippen LogP contribution in [0, 0.1) is 0 Å². The first-order valence-corrected chi connectivity index (χ1v) is 6.55. The fraction of sp³-hybridized carbons (Fsp3) is 0.125. The molecule has 0 amide bonds. The quantitative estimate of drug-likeness (QED) is 0.681. The van der Waals surface area contributed by atoms with Crippen molar-refractivity contribution >= 4 is 16.7 Å². The summed E-state index contributed by atoms with van der Waals surface area (Å²) in [5.74, 6) is 0.0561. The summed E-state index contributed by atoms with van der Waals surface area (Å²) >= 11 is 0. The third-order valence-electron chi connectivity index (χ3n) is 2.89. The SMILES string of the molecule is CCOC(=O)c1coc(Oc2ccc3ccccc3c2)n1. The van der Waals surface area contributed by atoms with E-state index < -0.39 is 5.97 Å². The Labute approximate surface area is 121 Å². The van der Waals surface area contributed by atoms with Crippen molar-refractivity contribution in [2.24, 2.45) is 0 Å². The maximum absolute atomic E-state index is 11.5. The molecule has 21 heavy (non-hydrogen) atoms. The molecule has 1 heterocycles. The lowest BCUT2D eigenvalue weighted by Crippen LogP contribution is -2.04. The highest BCUT2D eigenvalue weighted by atomic mass is 16.6. The van der Waals surface area contributed by atoms with Gasteiger partial charge in [0.2, 0.25) is 0 Å². The molecule has 0 aliphatic carbocycles. The highest BCUT2D eigenvalue weighted by Gasteiger charge is 2.14. The van der Waals surface area contributed by atoms with Crippen molar-refractivity contribution in [1.29, 1.82) is 0 Å². The van der Waals surface area contributed by atoms with Gasteiger partial charge in [-0.05, 0) is 29.8 Å². The highest BCUT2D eigenvalue weighted by Crippen LogP contribution is 2.25. The van der Waals surface area contributed by atoms with E-state index in [-0.39, 0.29) is 18.4 Å². The van der Waals surface area contributed by atoms with Gasteiger partial charge in [-0.25, -0.2) is 4.79 Å². The van der Waals surface area contributed by atoms with E-state index in [0.717, 1.165) is 10.8 Å². The Kier molecular flexibility index (Phi) is 3.55. The molecule has 3 rings (SSSR count). The van der Waals surface area contributed by atoms with Crippen LogP contribution >= 0.6 is 0 Å². The van der Waals surface area contributed by atoms with Crippen molar-refractivity contribution in [3.05, 3.63) is 54.4 Å². The lowest BCUT2D eigenvalue weighted by molar-refractivity contribution is 0.0519. The molecule has 0 bridgehead atoms. The molecule has 5 nitrogen and oxygen atoms in total. The number of carbonyl (C=O) groups is 1. The zero-order valence-corrected chi connectivity index (χ0v) is 11.4. The largest absolute Gasteiger partial charge is 0.461 e. The van der Waals surface area contributed by atoms with Gasteiger partial charge in [0.15, 0.2) is 5.69 Å². The van der Waals surface area contributed by atoms with Gasteiger partial charge in [-0.3, -0.25) is 0 Å². The Morgan fingerprint density at radius 2 is 2.00 bits per heavy atom. The maximum atomic E-state index is 11.5. The second-order valence-corrected chi connectivity index (χ2v) is 4.33. The standard InChI is InChI=1S/C16H13NO4/c1-2-19-15(18)14-10-20-16(17-14)21-13-8-7-11-5-3-4-6-12(11)9-13/h3-10H,2H2,1H3. The minimum absolute atomic E-state index is 0.00772. The molecule has 0 aliphatic rings. The lowest BCUT2D eigenvalue weighted by atomic mass is 10.1. The van der Waals surface area contributed by atoms with E-state index in [4.69, 9.17) is 13.9 Å². The normalized spacial score (nSPS) is 10.5. The monoisotopic (exact) mass is 283 g/mol. The summed E-state index contributed by atoms with van der Waals surface area (Å²) in [5, 5.41) is 2.16. The van der Waals surface area contributed by atoms with Crippen LogP contribution in [0.2, 0.25) is 0 Å². The third-order valence-corrected chi connectivity index (χ3v) is 2.89. The maximum Gasteiger partial charge on any atom is 0.399 e. The summed E-state index contributed by atoms with van der Waals surface area (Å²) in [6.45, 7) is 2.01. The summed E-state index contributed by atoms with van der Waals surface area (Å²) in [6, 6.07) is 13.6. The molecule has 0 radical (unpaired) electrons. The van der Waals surface area contributed by atoms with Gasteiger partial charge in [-0.15, -0.1) is 0 Å². The Hall–Kier alpha value is -2.82. The van der Waals surface area contributed by atoms with Gasteiger partial charge >= 0.3 is 12.0 Å². The third kappa shape index (κ3) is 2.86. The number of esters is 1. The number of aromatic nitrogens is 1. The first-order valence-electron chi connectivity index (χ1n) is 6.55. The van der Waals surface area contributed by atoms with Crippen LogP contribution in [0.3, 0.4) is 0 Å². The molecule has 2 aromatic carbocycles. The molecule has 106 valence electrons. The van der Waals surface area contributed by atoms with Crippen LogP contribution in [0.15, 0.2) is 53.1 Å². The van der Waals surface area contributed by atoms with Gasteiger partial charge in [-0.2, -0.15) is 4.98 Å². The summed E-state index contributed by atoms with van der Waals surface area (Å²) in [7, 11) is 0. The molecule has 0 N–H and O–H groups in total. The van der Waals surface area contributed by atoms with Crippen LogP contribution < -0.4 is 4.74 Å². The fourth-order valence-electron chi connectivity index (χ4n) is 1.93. The van der Waals surface area contributed by atoms with Crippen molar-refractivity contribution < 1.29 is 18.7 Å². The zero-order chi connectivity index (χ0) is 14.7. The number of nitrogens with zero attached hydrogens (tertiary/aromatic N) is 1. The number of carbonyl (C=O) groups excluding carboxylic acids is 1. The van der Waals surface area contributed by atoms with Crippen molar-refractivity contribution in [3.63, 3.8) is 0 Å². The number of hydrogen-bond donors (Lipinski definition) is 0.